The van der Waals surface area contributed by atoms with Gasteiger partial charge in [-0.15, -0.1) is 0 Å². The number of hydrogen-bond acceptors (Lipinski definition) is 1. The second-order valence-corrected chi connectivity index (χ2v) is 5.21. The minimum Gasteiger partial charge on any atom is -0.342 e. The normalized spacial score (nSPS) is 19.9. The largest absolute Gasteiger partial charge is 0.342 e. The predicted octanol–water partition coefficient (Wildman–Crippen LogP) is 3.02. The molecule has 1 aliphatic rings. The molecule has 0 bridgehead atoms. The van der Waals surface area contributed by atoms with Crippen LogP contribution in [0.2, 0.25) is 0 Å². The van der Waals surface area contributed by atoms with Gasteiger partial charge >= 0.3 is 0 Å². The zero-order valence-corrected chi connectivity index (χ0v) is 10.9. The topological polar surface area (TPSA) is 20.3 Å². The van der Waals surface area contributed by atoms with Crippen LogP contribution in [0.5, 0.6) is 0 Å². The van der Waals surface area contributed by atoms with Crippen LogP contribution >= 0.6 is 0 Å². The van der Waals surface area contributed by atoms with Crippen molar-refractivity contribution >= 4 is 5.91 Å². The van der Waals surface area contributed by atoms with E-state index in [0.29, 0.717) is 18.8 Å². The Morgan fingerprint density at radius 3 is 2.78 bits per heavy atom. The summed E-state index contributed by atoms with van der Waals surface area (Å²) < 4.78 is 12.7. The predicted molar refractivity (Wildman–Crippen MR) is 69.7 cm³/mol. The molecule has 18 heavy (non-hydrogen) atoms. The summed E-state index contributed by atoms with van der Waals surface area (Å²) >= 11 is 0. The van der Waals surface area contributed by atoms with Crippen molar-refractivity contribution in [3.8, 4) is 0 Å². The average molecular weight is 249 g/mol. The molecule has 98 valence electrons. The van der Waals surface area contributed by atoms with Gasteiger partial charge in [0.15, 0.2) is 0 Å². The third-order valence-electron chi connectivity index (χ3n) is 3.55. The number of rotatable bonds is 3. The molecule has 2 nitrogen and oxygen atoms in total. The van der Waals surface area contributed by atoms with Crippen molar-refractivity contribution in [3.63, 3.8) is 0 Å². The number of amides is 1. The highest BCUT2D eigenvalue weighted by Gasteiger charge is 2.20. The number of carbonyl (C=O) groups is 1. The van der Waals surface area contributed by atoms with Gasteiger partial charge in [-0.2, -0.15) is 0 Å². The molecule has 0 radical (unpaired) electrons. The van der Waals surface area contributed by atoms with Crippen molar-refractivity contribution in [2.45, 2.75) is 32.6 Å². The van der Waals surface area contributed by atoms with Gasteiger partial charge in [0.2, 0.25) is 5.91 Å². The molecule has 1 aromatic carbocycles. The van der Waals surface area contributed by atoms with Crippen molar-refractivity contribution < 1.29 is 9.18 Å². The van der Waals surface area contributed by atoms with Gasteiger partial charge < -0.3 is 4.90 Å². The Morgan fingerprint density at radius 2 is 2.11 bits per heavy atom. The van der Waals surface area contributed by atoms with Gasteiger partial charge in [0, 0.05) is 19.5 Å². The summed E-state index contributed by atoms with van der Waals surface area (Å²) in [4.78, 5) is 14.0. The maximum absolute atomic E-state index is 12.7. The summed E-state index contributed by atoms with van der Waals surface area (Å²) in [5, 5.41) is 0. The van der Waals surface area contributed by atoms with E-state index in [1.54, 1.807) is 12.1 Å². The van der Waals surface area contributed by atoms with Crippen LogP contribution in [-0.4, -0.2) is 23.9 Å². The third-order valence-corrected chi connectivity index (χ3v) is 3.55. The number of aryl methyl sites for hydroxylation is 1. The molecule has 1 heterocycles. The first-order chi connectivity index (χ1) is 8.65. The van der Waals surface area contributed by atoms with Crippen LogP contribution in [0.25, 0.3) is 0 Å². The van der Waals surface area contributed by atoms with Crippen LogP contribution in [0.1, 0.15) is 31.7 Å². The van der Waals surface area contributed by atoms with Crippen molar-refractivity contribution in [1.82, 2.24) is 4.90 Å². The molecule has 0 saturated carbocycles. The van der Waals surface area contributed by atoms with Gasteiger partial charge in [-0.05, 0) is 42.9 Å². The van der Waals surface area contributed by atoms with Crippen molar-refractivity contribution in [3.05, 3.63) is 35.6 Å². The van der Waals surface area contributed by atoms with E-state index in [-0.39, 0.29) is 11.7 Å². The highest BCUT2D eigenvalue weighted by Crippen LogP contribution is 2.17. The van der Waals surface area contributed by atoms with E-state index in [0.717, 1.165) is 25.1 Å². The summed E-state index contributed by atoms with van der Waals surface area (Å²) in [6, 6.07) is 6.40. The zero-order chi connectivity index (χ0) is 13.0. The summed E-state index contributed by atoms with van der Waals surface area (Å²) in [5.74, 6) is 0.620. The Morgan fingerprint density at radius 1 is 1.39 bits per heavy atom. The van der Waals surface area contributed by atoms with Crippen molar-refractivity contribution in [2.24, 2.45) is 5.92 Å². The average Bonchev–Trinajstić information content (AvgIpc) is 2.38. The lowest BCUT2D eigenvalue weighted by molar-refractivity contribution is -0.132. The molecule has 0 aromatic heterocycles. The molecule has 2 rings (SSSR count). The highest BCUT2D eigenvalue weighted by atomic mass is 19.1. The van der Waals surface area contributed by atoms with Crippen molar-refractivity contribution in [2.75, 3.05) is 13.1 Å². The lowest BCUT2D eigenvalue weighted by Gasteiger charge is -2.31. The van der Waals surface area contributed by atoms with Gasteiger partial charge in [-0.25, -0.2) is 4.39 Å². The summed E-state index contributed by atoms with van der Waals surface area (Å²) in [5.41, 5.74) is 1.02. The lowest BCUT2D eigenvalue weighted by atomic mass is 9.99. The molecule has 1 atom stereocenters. The maximum atomic E-state index is 12.7. The number of halogens is 1. The van der Waals surface area contributed by atoms with E-state index in [4.69, 9.17) is 0 Å². The van der Waals surface area contributed by atoms with Crippen LogP contribution in [0.15, 0.2) is 24.3 Å². The molecule has 1 amide bonds. The van der Waals surface area contributed by atoms with Crippen LogP contribution < -0.4 is 0 Å². The van der Waals surface area contributed by atoms with Crippen molar-refractivity contribution in [1.29, 1.82) is 0 Å². The van der Waals surface area contributed by atoms with E-state index >= 15 is 0 Å². The van der Waals surface area contributed by atoms with E-state index in [9.17, 15) is 9.18 Å². The third kappa shape index (κ3) is 3.56. The number of nitrogens with zero attached hydrogens (tertiary/aromatic N) is 1. The second kappa shape index (κ2) is 5.98. The van der Waals surface area contributed by atoms with Crippen LogP contribution in [0.3, 0.4) is 0 Å². The number of benzene rings is 1. The molecule has 0 unspecified atom stereocenters. The second-order valence-electron chi connectivity index (χ2n) is 5.21. The summed E-state index contributed by atoms with van der Waals surface area (Å²) in [7, 11) is 0. The molecule has 1 aromatic rings. The van der Waals surface area contributed by atoms with E-state index in [1.807, 2.05) is 4.90 Å². The molecular weight excluding hydrogens is 229 g/mol. The van der Waals surface area contributed by atoms with Gasteiger partial charge in [-0.1, -0.05) is 19.1 Å². The molecule has 1 fully saturated rings. The Labute approximate surface area is 108 Å². The van der Waals surface area contributed by atoms with Crippen LogP contribution in [0.4, 0.5) is 4.39 Å². The smallest absolute Gasteiger partial charge is 0.222 e. The SMILES string of the molecule is C[C@H]1CCCN(C(=O)CCc2ccc(F)cc2)C1. The quantitative estimate of drug-likeness (QED) is 0.806. The van der Waals surface area contributed by atoms with Crippen LogP contribution in [0, 0.1) is 11.7 Å². The summed E-state index contributed by atoms with van der Waals surface area (Å²) in [6.07, 6.45) is 3.56. The minimum atomic E-state index is -0.227. The molecule has 1 saturated heterocycles. The number of likely N-dealkylation sites (tertiary alicyclic amines) is 1. The maximum Gasteiger partial charge on any atom is 0.222 e. The lowest BCUT2D eigenvalue weighted by Crippen LogP contribution is -2.39. The Balaban J connectivity index is 1.82. The van der Waals surface area contributed by atoms with E-state index in [2.05, 4.69) is 6.92 Å². The molecule has 0 spiro atoms. The Kier molecular flexibility index (Phi) is 4.34. The monoisotopic (exact) mass is 249 g/mol. The fourth-order valence-electron chi connectivity index (χ4n) is 2.48. The Bertz CT molecular complexity index is 401. The fraction of sp³-hybridized carbons (Fsp3) is 0.533. The zero-order valence-electron chi connectivity index (χ0n) is 10.9. The molecular formula is C15H20FNO. The van der Waals surface area contributed by atoms with Crippen LogP contribution in [-0.2, 0) is 11.2 Å². The number of carbonyl (C=O) groups excluding carboxylic acids is 1. The van der Waals surface area contributed by atoms with Gasteiger partial charge in [-0.3, -0.25) is 4.79 Å². The molecule has 0 N–H and O–H groups in total. The van der Waals surface area contributed by atoms with Gasteiger partial charge in [0.05, 0.1) is 0 Å². The first-order valence-corrected chi connectivity index (χ1v) is 6.67. The van der Waals surface area contributed by atoms with Gasteiger partial charge in [0.1, 0.15) is 5.82 Å². The molecule has 1 aliphatic heterocycles. The fourth-order valence-corrected chi connectivity index (χ4v) is 2.48. The Hall–Kier alpha value is -1.38. The standard InChI is InChI=1S/C15H20FNO/c1-12-3-2-10-17(11-12)15(18)9-6-13-4-7-14(16)8-5-13/h4-5,7-8,12H,2-3,6,9-11H2,1H3/t12-/m0/s1. The molecule has 3 heteroatoms. The van der Waals surface area contributed by atoms with E-state index in [1.165, 1.54) is 18.6 Å². The minimum absolute atomic E-state index is 0.227. The van der Waals surface area contributed by atoms with Gasteiger partial charge in [0.25, 0.3) is 0 Å². The first-order valence-electron chi connectivity index (χ1n) is 6.67. The number of hydrogen-bond donors (Lipinski definition) is 0. The number of piperidine rings is 1. The first kappa shape index (κ1) is 13.1. The highest BCUT2D eigenvalue weighted by molar-refractivity contribution is 5.76. The molecule has 0 aliphatic carbocycles. The summed E-state index contributed by atoms with van der Waals surface area (Å²) in [6.45, 7) is 3.98. The van der Waals surface area contributed by atoms with E-state index < -0.39 is 0 Å².